The number of carbonyl (C=O) groups is 1. The maximum absolute atomic E-state index is 13.1. The second-order valence-corrected chi connectivity index (χ2v) is 8.04. The third-order valence-electron chi connectivity index (χ3n) is 4.70. The van der Waals surface area contributed by atoms with E-state index in [9.17, 15) is 13.2 Å². The summed E-state index contributed by atoms with van der Waals surface area (Å²) in [7, 11) is 0.849. The topological polar surface area (TPSA) is 84.9 Å². The zero-order valence-corrected chi connectivity index (χ0v) is 16.3. The van der Waals surface area contributed by atoms with Gasteiger partial charge in [0.2, 0.25) is 10.0 Å². The number of carbonyl (C=O) groups excluding carboxylic acids is 1. The number of benzene rings is 2. The molecule has 1 amide bonds. The second kappa shape index (κ2) is 7.58. The van der Waals surface area contributed by atoms with Gasteiger partial charge in [0.25, 0.3) is 5.91 Å². The summed E-state index contributed by atoms with van der Waals surface area (Å²) < 4.78 is 37.1. The van der Waals surface area contributed by atoms with Crippen LogP contribution in [0.2, 0.25) is 0 Å². The van der Waals surface area contributed by atoms with Crippen molar-refractivity contribution >= 4 is 15.9 Å². The molecule has 0 saturated heterocycles. The fourth-order valence-corrected chi connectivity index (χ4v) is 3.99. The van der Waals surface area contributed by atoms with Crippen LogP contribution in [0.1, 0.15) is 21.5 Å². The summed E-state index contributed by atoms with van der Waals surface area (Å²) in [4.78, 5) is 15.0. The molecule has 0 spiro atoms. The minimum absolute atomic E-state index is 0.188. The van der Waals surface area contributed by atoms with E-state index in [-0.39, 0.29) is 10.8 Å². The highest BCUT2D eigenvalue weighted by atomic mass is 32.2. The number of hydrogen-bond acceptors (Lipinski definition) is 5. The highest BCUT2D eigenvalue weighted by molar-refractivity contribution is 7.89. The van der Waals surface area contributed by atoms with Crippen molar-refractivity contribution in [2.24, 2.45) is 0 Å². The van der Waals surface area contributed by atoms with Crippen LogP contribution in [0.15, 0.2) is 41.3 Å². The first-order valence-electron chi connectivity index (χ1n) is 8.47. The van der Waals surface area contributed by atoms with Gasteiger partial charge in [-0.15, -0.1) is 0 Å². The lowest BCUT2D eigenvalue weighted by Gasteiger charge is -2.30. The monoisotopic (exact) mass is 390 g/mol. The number of fused-ring (bicyclic) bond motifs is 1. The second-order valence-electron chi connectivity index (χ2n) is 6.15. The molecule has 1 aliphatic heterocycles. The van der Waals surface area contributed by atoms with Crippen molar-refractivity contribution in [3.63, 3.8) is 0 Å². The Hall–Kier alpha value is -2.58. The molecular weight excluding hydrogens is 368 g/mol. The maximum atomic E-state index is 13.1. The first-order chi connectivity index (χ1) is 12.9. The smallest absolute Gasteiger partial charge is 0.261 e. The largest absolute Gasteiger partial charge is 0.496 e. The first-order valence-corrected chi connectivity index (χ1v) is 9.95. The van der Waals surface area contributed by atoms with Crippen LogP contribution in [-0.4, -0.2) is 47.0 Å². The zero-order valence-electron chi connectivity index (χ0n) is 15.5. The molecule has 0 radical (unpaired) electrons. The Bertz CT molecular complexity index is 950. The van der Waals surface area contributed by atoms with Gasteiger partial charge in [-0.3, -0.25) is 4.79 Å². The van der Waals surface area contributed by atoms with E-state index in [1.165, 1.54) is 21.3 Å². The molecule has 1 aliphatic rings. The molecule has 0 aromatic heterocycles. The van der Waals surface area contributed by atoms with E-state index in [0.29, 0.717) is 36.6 Å². The standard InChI is InChI=1S/C19H22N2O5S/c1-20-27(23,24)15-8-7-13-9-10-21(12-14(13)11-15)19(22)18-16(25-2)5-4-6-17(18)26-3/h4-8,11,20H,9-10,12H2,1-3H3. The van der Waals surface area contributed by atoms with Crippen LogP contribution in [0.4, 0.5) is 0 Å². The summed E-state index contributed by atoms with van der Waals surface area (Å²) in [5.74, 6) is 0.671. The molecule has 27 heavy (non-hydrogen) atoms. The zero-order chi connectivity index (χ0) is 19.6. The van der Waals surface area contributed by atoms with Crippen molar-refractivity contribution in [3.8, 4) is 11.5 Å². The first kappa shape index (κ1) is 19.2. The summed E-state index contributed by atoms with van der Waals surface area (Å²) in [5.41, 5.74) is 2.23. The third kappa shape index (κ3) is 3.63. The summed E-state index contributed by atoms with van der Waals surface area (Å²) in [5, 5.41) is 0. The lowest BCUT2D eigenvalue weighted by molar-refractivity contribution is 0.0727. The predicted octanol–water partition coefficient (Wildman–Crippen LogP) is 1.81. The van der Waals surface area contributed by atoms with Gasteiger partial charge >= 0.3 is 0 Å². The van der Waals surface area contributed by atoms with Crippen molar-refractivity contribution in [2.75, 3.05) is 27.8 Å². The summed E-state index contributed by atoms with van der Waals surface area (Å²) >= 11 is 0. The maximum Gasteiger partial charge on any atom is 0.261 e. The van der Waals surface area contributed by atoms with Gasteiger partial charge in [-0.25, -0.2) is 13.1 Å². The van der Waals surface area contributed by atoms with Crippen molar-refractivity contribution in [1.29, 1.82) is 0 Å². The van der Waals surface area contributed by atoms with E-state index in [0.717, 1.165) is 11.1 Å². The van der Waals surface area contributed by atoms with E-state index in [2.05, 4.69) is 4.72 Å². The van der Waals surface area contributed by atoms with Crippen LogP contribution in [0.25, 0.3) is 0 Å². The van der Waals surface area contributed by atoms with Crippen LogP contribution in [0.3, 0.4) is 0 Å². The van der Waals surface area contributed by atoms with Gasteiger partial charge in [-0.2, -0.15) is 0 Å². The highest BCUT2D eigenvalue weighted by Crippen LogP contribution is 2.31. The van der Waals surface area contributed by atoms with Gasteiger partial charge in [0.15, 0.2) is 0 Å². The number of rotatable bonds is 5. The van der Waals surface area contributed by atoms with E-state index < -0.39 is 10.0 Å². The molecule has 0 aliphatic carbocycles. The average molecular weight is 390 g/mol. The molecule has 0 atom stereocenters. The van der Waals surface area contributed by atoms with Crippen molar-refractivity contribution in [2.45, 2.75) is 17.9 Å². The average Bonchev–Trinajstić information content (AvgIpc) is 2.71. The van der Waals surface area contributed by atoms with Crippen molar-refractivity contribution in [3.05, 3.63) is 53.1 Å². The summed E-state index contributed by atoms with van der Waals surface area (Å²) in [6, 6.07) is 10.2. The van der Waals surface area contributed by atoms with Gasteiger partial charge in [0.05, 0.1) is 19.1 Å². The van der Waals surface area contributed by atoms with E-state index >= 15 is 0 Å². The molecular formula is C19H22N2O5S. The van der Waals surface area contributed by atoms with Gasteiger partial charge in [0, 0.05) is 13.1 Å². The molecule has 1 N–H and O–H groups in total. The van der Waals surface area contributed by atoms with Crippen LogP contribution in [0.5, 0.6) is 11.5 Å². The molecule has 1 heterocycles. The molecule has 0 bridgehead atoms. The molecule has 0 fully saturated rings. The van der Waals surface area contributed by atoms with Crippen molar-refractivity contribution in [1.82, 2.24) is 9.62 Å². The van der Waals surface area contributed by atoms with Gasteiger partial charge in [-0.05, 0) is 48.9 Å². The fourth-order valence-electron chi connectivity index (χ4n) is 3.21. The Morgan fingerprint density at radius 2 is 1.74 bits per heavy atom. The molecule has 0 saturated carbocycles. The third-order valence-corrected chi connectivity index (χ3v) is 6.11. The minimum Gasteiger partial charge on any atom is -0.496 e. The Morgan fingerprint density at radius 3 is 2.33 bits per heavy atom. The number of hydrogen-bond donors (Lipinski definition) is 1. The Labute approximate surface area is 158 Å². The van der Waals surface area contributed by atoms with Gasteiger partial charge in [-0.1, -0.05) is 12.1 Å². The van der Waals surface area contributed by atoms with Crippen LogP contribution in [-0.2, 0) is 23.0 Å². The molecule has 0 unspecified atom stereocenters. The molecule has 3 rings (SSSR count). The minimum atomic E-state index is -3.54. The number of sulfonamides is 1. The lowest BCUT2D eigenvalue weighted by atomic mass is 9.99. The Balaban J connectivity index is 1.94. The Kier molecular flexibility index (Phi) is 5.38. The number of amides is 1. The van der Waals surface area contributed by atoms with E-state index in [4.69, 9.17) is 9.47 Å². The number of nitrogens with one attached hydrogen (secondary N) is 1. The summed E-state index contributed by atoms with van der Waals surface area (Å²) in [6.45, 7) is 0.855. The fraction of sp³-hybridized carbons (Fsp3) is 0.316. The number of nitrogens with zero attached hydrogens (tertiary/aromatic N) is 1. The van der Waals surface area contributed by atoms with Gasteiger partial charge in [0.1, 0.15) is 17.1 Å². The molecule has 8 heteroatoms. The normalized spacial score (nSPS) is 13.8. The predicted molar refractivity (Wildman–Crippen MR) is 101 cm³/mol. The van der Waals surface area contributed by atoms with E-state index in [1.54, 1.807) is 35.2 Å². The molecule has 144 valence electrons. The van der Waals surface area contributed by atoms with E-state index in [1.807, 2.05) is 6.07 Å². The number of methoxy groups -OCH3 is 2. The van der Waals surface area contributed by atoms with Crippen LogP contribution < -0.4 is 14.2 Å². The quantitative estimate of drug-likeness (QED) is 0.842. The van der Waals surface area contributed by atoms with Crippen LogP contribution in [0, 0.1) is 0 Å². The Morgan fingerprint density at radius 1 is 1.07 bits per heavy atom. The van der Waals surface area contributed by atoms with Crippen molar-refractivity contribution < 1.29 is 22.7 Å². The van der Waals surface area contributed by atoms with Gasteiger partial charge < -0.3 is 14.4 Å². The van der Waals surface area contributed by atoms with Crippen LogP contribution >= 0.6 is 0 Å². The highest BCUT2D eigenvalue weighted by Gasteiger charge is 2.27. The lowest BCUT2D eigenvalue weighted by Crippen LogP contribution is -2.36. The SMILES string of the molecule is CNS(=O)(=O)c1ccc2c(c1)CN(C(=O)c1c(OC)cccc1OC)CC2. The molecule has 2 aromatic carbocycles. The molecule has 2 aromatic rings. The summed E-state index contributed by atoms with van der Waals surface area (Å²) in [6.07, 6.45) is 0.651. The number of ether oxygens (including phenoxy) is 2. The molecule has 7 nitrogen and oxygen atoms in total.